The first-order chi connectivity index (χ1) is 9.24. The summed E-state index contributed by atoms with van der Waals surface area (Å²) in [6, 6.07) is 0. The first-order valence-corrected chi connectivity index (χ1v) is 8.78. The summed E-state index contributed by atoms with van der Waals surface area (Å²) in [5, 5.41) is 3.10. The Labute approximate surface area is 126 Å². The highest BCUT2D eigenvalue weighted by Gasteiger charge is 2.16. The van der Waals surface area contributed by atoms with Crippen molar-refractivity contribution in [2.24, 2.45) is 5.92 Å². The number of halogens is 1. The van der Waals surface area contributed by atoms with E-state index in [4.69, 9.17) is 16.3 Å². The first kappa shape index (κ1) is 16.9. The predicted molar refractivity (Wildman–Crippen MR) is 84.0 cm³/mol. The van der Waals surface area contributed by atoms with Gasteiger partial charge in [-0.2, -0.15) is 0 Å². The van der Waals surface area contributed by atoms with Crippen LogP contribution in [0.5, 0.6) is 0 Å². The van der Waals surface area contributed by atoms with E-state index < -0.39 is 0 Å². The van der Waals surface area contributed by atoms with Crippen LogP contribution in [0.1, 0.15) is 69.7 Å². The lowest BCUT2D eigenvalue weighted by molar-refractivity contribution is 0.0223. The molecule has 0 N–H and O–H groups in total. The maximum absolute atomic E-state index is 6.09. The van der Waals surface area contributed by atoms with Crippen molar-refractivity contribution in [3.8, 4) is 0 Å². The van der Waals surface area contributed by atoms with Gasteiger partial charge in [0.25, 0.3) is 0 Å². The van der Waals surface area contributed by atoms with Crippen molar-refractivity contribution in [3.05, 3.63) is 16.1 Å². The molecule has 110 valence electrons. The average molecular weight is 304 g/mol. The second-order valence-corrected chi connectivity index (χ2v) is 6.11. The molecule has 0 saturated carbocycles. The van der Waals surface area contributed by atoms with Crippen LogP contribution in [0.15, 0.2) is 5.38 Å². The molecular formula is C15H26ClNOS. The number of rotatable bonds is 10. The molecule has 1 heterocycles. The van der Waals surface area contributed by atoms with Gasteiger partial charge in [-0.3, -0.25) is 0 Å². The van der Waals surface area contributed by atoms with Crippen molar-refractivity contribution in [2.75, 3.05) is 6.61 Å². The number of alkyl halides is 1. The Hall–Kier alpha value is -0.120. The lowest BCUT2D eigenvalue weighted by Crippen LogP contribution is -2.12. The van der Waals surface area contributed by atoms with Crippen LogP contribution in [0.4, 0.5) is 0 Å². The zero-order valence-corrected chi connectivity index (χ0v) is 13.9. The summed E-state index contributed by atoms with van der Waals surface area (Å²) in [6.07, 6.45) is 6.14. The molecule has 0 spiro atoms. The fourth-order valence-corrected chi connectivity index (χ4v) is 3.22. The molecule has 4 heteroatoms. The molecule has 0 amide bonds. The number of hydrogen-bond acceptors (Lipinski definition) is 3. The van der Waals surface area contributed by atoms with E-state index in [0.717, 1.165) is 23.7 Å². The maximum atomic E-state index is 6.09. The van der Waals surface area contributed by atoms with E-state index in [1.807, 2.05) is 5.38 Å². The van der Waals surface area contributed by atoms with Crippen molar-refractivity contribution in [1.29, 1.82) is 0 Å². The van der Waals surface area contributed by atoms with E-state index in [0.29, 0.717) is 11.8 Å². The van der Waals surface area contributed by atoms with Crippen molar-refractivity contribution in [1.82, 2.24) is 4.98 Å². The van der Waals surface area contributed by atoms with Gasteiger partial charge in [0.2, 0.25) is 0 Å². The van der Waals surface area contributed by atoms with Gasteiger partial charge in [-0.05, 0) is 18.8 Å². The molecule has 2 unspecified atom stereocenters. The van der Waals surface area contributed by atoms with Crippen LogP contribution < -0.4 is 0 Å². The van der Waals surface area contributed by atoms with Crippen LogP contribution in [0.25, 0.3) is 0 Å². The van der Waals surface area contributed by atoms with Gasteiger partial charge in [0.05, 0.1) is 18.2 Å². The second-order valence-electron chi connectivity index (χ2n) is 4.96. The smallest absolute Gasteiger partial charge is 0.122 e. The minimum atomic E-state index is 0.137. The highest BCUT2D eigenvalue weighted by molar-refractivity contribution is 7.09. The number of thiazole rings is 1. The molecule has 2 nitrogen and oxygen atoms in total. The number of aromatic nitrogens is 1. The molecular weight excluding hydrogens is 278 g/mol. The summed E-state index contributed by atoms with van der Waals surface area (Å²) in [5.41, 5.74) is 0.960. The molecule has 2 atom stereocenters. The van der Waals surface area contributed by atoms with Crippen LogP contribution in [-0.2, 0) is 10.6 Å². The summed E-state index contributed by atoms with van der Waals surface area (Å²) in [5.74, 6) is 1.17. The fraction of sp³-hybridized carbons (Fsp3) is 0.800. The van der Waals surface area contributed by atoms with E-state index in [1.54, 1.807) is 11.3 Å². The highest BCUT2D eigenvalue weighted by Crippen LogP contribution is 2.26. The molecule has 0 aliphatic rings. The van der Waals surface area contributed by atoms with Crippen LogP contribution >= 0.6 is 22.9 Å². The Morgan fingerprint density at radius 3 is 2.63 bits per heavy atom. The topological polar surface area (TPSA) is 22.1 Å². The third-order valence-corrected chi connectivity index (χ3v) is 4.69. The minimum absolute atomic E-state index is 0.137. The van der Waals surface area contributed by atoms with Crippen LogP contribution in [0.2, 0.25) is 0 Å². The molecule has 0 aliphatic carbocycles. The Balaban J connectivity index is 2.47. The Morgan fingerprint density at radius 1 is 1.32 bits per heavy atom. The first-order valence-electron chi connectivity index (χ1n) is 7.36. The van der Waals surface area contributed by atoms with E-state index >= 15 is 0 Å². The van der Waals surface area contributed by atoms with Crippen LogP contribution in [0, 0.1) is 5.92 Å². The summed E-state index contributed by atoms with van der Waals surface area (Å²) in [6.45, 7) is 7.50. The molecule has 0 saturated heterocycles. The van der Waals surface area contributed by atoms with Gasteiger partial charge in [-0.1, -0.05) is 40.0 Å². The molecule has 0 radical (unpaired) electrons. The number of hydrogen-bond donors (Lipinski definition) is 0. The largest absolute Gasteiger partial charge is 0.371 e. The maximum Gasteiger partial charge on any atom is 0.122 e. The van der Waals surface area contributed by atoms with Crippen molar-refractivity contribution in [2.45, 2.75) is 64.9 Å². The van der Waals surface area contributed by atoms with Gasteiger partial charge in [0.15, 0.2) is 0 Å². The molecule has 1 rings (SSSR count). The Kier molecular flexibility index (Phi) is 8.67. The van der Waals surface area contributed by atoms with E-state index in [2.05, 4.69) is 25.8 Å². The lowest BCUT2D eigenvalue weighted by Gasteiger charge is -2.19. The third kappa shape index (κ3) is 5.80. The van der Waals surface area contributed by atoms with Crippen molar-refractivity contribution < 1.29 is 4.74 Å². The van der Waals surface area contributed by atoms with Gasteiger partial charge in [-0.25, -0.2) is 4.98 Å². The van der Waals surface area contributed by atoms with E-state index in [-0.39, 0.29) is 6.10 Å². The highest BCUT2D eigenvalue weighted by atomic mass is 35.5. The van der Waals surface area contributed by atoms with Gasteiger partial charge in [0.1, 0.15) is 11.1 Å². The number of ether oxygens (including phenoxy) is 1. The summed E-state index contributed by atoms with van der Waals surface area (Å²) < 4.78 is 6.09. The van der Waals surface area contributed by atoms with E-state index in [1.165, 1.54) is 25.7 Å². The Bertz CT molecular complexity index is 343. The van der Waals surface area contributed by atoms with Crippen molar-refractivity contribution in [3.63, 3.8) is 0 Å². The van der Waals surface area contributed by atoms with E-state index in [9.17, 15) is 0 Å². The summed E-state index contributed by atoms with van der Waals surface area (Å²) >= 11 is 7.46. The quantitative estimate of drug-likeness (QED) is 0.527. The standard InChI is InChI=1S/C15H26ClNOS/c1-4-7-8-12(5-2)10-18-14(6-3)15-17-13(9-16)11-19-15/h11-12,14H,4-10H2,1-3H3. The predicted octanol–water partition coefficient (Wildman–Crippen LogP) is 5.57. The van der Waals surface area contributed by atoms with Gasteiger partial charge >= 0.3 is 0 Å². The second kappa shape index (κ2) is 9.73. The average Bonchev–Trinajstić information content (AvgIpc) is 2.91. The molecule has 19 heavy (non-hydrogen) atoms. The Morgan fingerprint density at radius 2 is 2.11 bits per heavy atom. The van der Waals surface area contributed by atoms with Crippen LogP contribution in [-0.4, -0.2) is 11.6 Å². The normalized spacial score (nSPS) is 14.5. The number of nitrogens with zero attached hydrogens (tertiary/aromatic N) is 1. The molecule has 0 bridgehead atoms. The van der Waals surface area contributed by atoms with Gasteiger partial charge in [0, 0.05) is 5.38 Å². The molecule has 1 aromatic rings. The lowest BCUT2D eigenvalue weighted by atomic mass is 10.0. The van der Waals surface area contributed by atoms with Gasteiger partial charge < -0.3 is 4.74 Å². The van der Waals surface area contributed by atoms with Crippen LogP contribution in [0.3, 0.4) is 0 Å². The monoisotopic (exact) mass is 303 g/mol. The molecule has 0 aromatic carbocycles. The molecule has 0 fully saturated rings. The fourth-order valence-electron chi connectivity index (χ4n) is 2.05. The zero-order chi connectivity index (χ0) is 14.1. The molecule has 1 aromatic heterocycles. The van der Waals surface area contributed by atoms with Gasteiger partial charge in [-0.15, -0.1) is 22.9 Å². The molecule has 0 aliphatic heterocycles. The number of unbranched alkanes of at least 4 members (excludes halogenated alkanes) is 1. The third-order valence-electron chi connectivity index (χ3n) is 3.43. The van der Waals surface area contributed by atoms with Crippen molar-refractivity contribution >= 4 is 22.9 Å². The summed E-state index contributed by atoms with van der Waals surface area (Å²) in [7, 11) is 0. The SMILES string of the molecule is CCCCC(CC)COC(CC)c1nc(CCl)cs1. The zero-order valence-electron chi connectivity index (χ0n) is 12.3. The minimum Gasteiger partial charge on any atom is -0.371 e. The summed E-state index contributed by atoms with van der Waals surface area (Å²) in [4.78, 5) is 4.53.